The first-order chi connectivity index (χ1) is 9.53. The molecular formula is C17H22N2O. The molecule has 0 saturated heterocycles. The SMILES string of the molecule is CC(C)(C)NCc1cccc(OCc2cccnc2)c1. The Bertz CT molecular complexity index is 532. The Balaban J connectivity index is 1.92. The van der Waals surface area contributed by atoms with Gasteiger partial charge in [0.1, 0.15) is 12.4 Å². The molecule has 0 saturated carbocycles. The Morgan fingerprint density at radius 3 is 2.60 bits per heavy atom. The van der Waals surface area contributed by atoms with Gasteiger partial charge in [0, 0.05) is 30.0 Å². The standard InChI is InChI=1S/C17H22N2O/c1-17(2,3)19-12-14-6-4-8-16(10-14)20-13-15-7-5-9-18-11-15/h4-11,19H,12-13H2,1-3H3. The number of aromatic nitrogens is 1. The second-order valence-corrected chi connectivity index (χ2v) is 5.90. The van der Waals surface area contributed by atoms with Gasteiger partial charge in [-0.3, -0.25) is 4.98 Å². The summed E-state index contributed by atoms with van der Waals surface area (Å²) < 4.78 is 5.80. The molecule has 1 N–H and O–H groups in total. The highest BCUT2D eigenvalue weighted by Crippen LogP contribution is 2.15. The van der Waals surface area contributed by atoms with Crippen LogP contribution in [-0.2, 0) is 13.2 Å². The first-order valence-electron chi connectivity index (χ1n) is 6.89. The van der Waals surface area contributed by atoms with Gasteiger partial charge in [-0.25, -0.2) is 0 Å². The number of benzene rings is 1. The van der Waals surface area contributed by atoms with Crippen LogP contribution in [0, 0.1) is 0 Å². The summed E-state index contributed by atoms with van der Waals surface area (Å²) in [6.07, 6.45) is 3.59. The van der Waals surface area contributed by atoms with E-state index in [2.05, 4.69) is 43.2 Å². The molecule has 1 heterocycles. The Morgan fingerprint density at radius 2 is 1.90 bits per heavy atom. The van der Waals surface area contributed by atoms with E-state index in [0.29, 0.717) is 6.61 Å². The predicted octanol–water partition coefficient (Wildman–Crippen LogP) is 3.55. The number of pyridine rings is 1. The van der Waals surface area contributed by atoms with E-state index in [1.165, 1.54) is 5.56 Å². The Morgan fingerprint density at radius 1 is 1.10 bits per heavy atom. The van der Waals surface area contributed by atoms with E-state index in [1.54, 1.807) is 6.20 Å². The highest BCUT2D eigenvalue weighted by Gasteiger charge is 2.08. The van der Waals surface area contributed by atoms with Gasteiger partial charge in [-0.15, -0.1) is 0 Å². The lowest BCUT2D eigenvalue weighted by Gasteiger charge is -2.20. The topological polar surface area (TPSA) is 34.1 Å². The summed E-state index contributed by atoms with van der Waals surface area (Å²) in [6, 6.07) is 12.1. The molecule has 0 atom stereocenters. The van der Waals surface area contributed by atoms with Crippen molar-refractivity contribution in [3.63, 3.8) is 0 Å². The van der Waals surface area contributed by atoms with E-state index in [-0.39, 0.29) is 5.54 Å². The van der Waals surface area contributed by atoms with Crippen LogP contribution in [0.2, 0.25) is 0 Å². The smallest absolute Gasteiger partial charge is 0.120 e. The molecular weight excluding hydrogens is 248 g/mol. The van der Waals surface area contributed by atoms with Crippen molar-refractivity contribution in [2.24, 2.45) is 0 Å². The number of ether oxygens (including phenoxy) is 1. The van der Waals surface area contributed by atoms with Crippen LogP contribution >= 0.6 is 0 Å². The van der Waals surface area contributed by atoms with E-state index >= 15 is 0 Å². The van der Waals surface area contributed by atoms with Gasteiger partial charge < -0.3 is 10.1 Å². The molecule has 1 aromatic heterocycles. The first kappa shape index (κ1) is 14.5. The highest BCUT2D eigenvalue weighted by molar-refractivity contribution is 5.28. The maximum absolute atomic E-state index is 5.80. The van der Waals surface area contributed by atoms with Gasteiger partial charge in [0.25, 0.3) is 0 Å². The zero-order valence-corrected chi connectivity index (χ0v) is 12.4. The molecule has 0 aliphatic heterocycles. The van der Waals surface area contributed by atoms with Gasteiger partial charge in [-0.2, -0.15) is 0 Å². The van der Waals surface area contributed by atoms with Crippen LogP contribution < -0.4 is 10.1 Å². The largest absolute Gasteiger partial charge is 0.489 e. The third-order valence-electron chi connectivity index (χ3n) is 2.85. The van der Waals surface area contributed by atoms with Crippen LogP contribution in [0.15, 0.2) is 48.8 Å². The fourth-order valence-corrected chi connectivity index (χ4v) is 1.76. The molecule has 106 valence electrons. The lowest BCUT2D eigenvalue weighted by Crippen LogP contribution is -2.35. The lowest BCUT2D eigenvalue weighted by atomic mass is 10.1. The van der Waals surface area contributed by atoms with Crippen molar-refractivity contribution in [2.75, 3.05) is 0 Å². The minimum absolute atomic E-state index is 0.118. The van der Waals surface area contributed by atoms with Gasteiger partial charge >= 0.3 is 0 Å². The van der Waals surface area contributed by atoms with Crippen LogP contribution in [0.4, 0.5) is 0 Å². The summed E-state index contributed by atoms with van der Waals surface area (Å²) >= 11 is 0. The van der Waals surface area contributed by atoms with E-state index in [9.17, 15) is 0 Å². The molecule has 2 rings (SSSR count). The van der Waals surface area contributed by atoms with Crippen molar-refractivity contribution in [3.05, 3.63) is 59.9 Å². The molecule has 0 spiro atoms. The number of nitrogens with zero attached hydrogens (tertiary/aromatic N) is 1. The molecule has 2 aromatic rings. The molecule has 3 heteroatoms. The third kappa shape index (κ3) is 5.02. The molecule has 0 radical (unpaired) electrons. The van der Waals surface area contributed by atoms with E-state index < -0.39 is 0 Å². The van der Waals surface area contributed by atoms with E-state index in [0.717, 1.165) is 17.9 Å². The normalized spacial score (nSPS) is 11.3. The molecule has 20 heavy (non-hydrogen) atoms. The van der Waals surface area contributed by atoms with Crippen LogP contribution in [0.3, 0.4) is 0 Å². The maximum atomic E-state index is 5.80. The Labute approximate surface area is 121 Å². The lowest BCUT2D eigenvalue weighted by molar-refractivity contribution is 0.305. The van der Waals surface area contributed by atoms with Crippen LogP contribution in [-0.4, -0.2) is 10.5 Å². The van der Waals surface area contributed by atoms with Gasteiger partial charge in [0.2, 0.25) is 0 Å². The zero-order chi connectivity index (χ0) is 14.4. The molecule has 0 unspecified atom stereocenters. The van der Waals surface area contributed by atoms with Crippen LogP contribution in [0.25, 0.3) is 0 Å². The molecule has 0 amide bonds. The van der Waals surface area contributed by atoms with E-state index in [4.69, 9.17) is 4.74 Å². The average molecular weight is 270 g/mol. The summed E-state index contributed by atoms with van der Waals surface area (Å²) in [6.45, 7) is 7.87. The second-order valence-electron chi connectivity index (χ2n) is 5.90. The highest BCUT2D eigenvalue weighted by atomic mass is 16.5. The molecule has 0 aliphatic carbocycles. The second kappa shape index (κ2) is 6.53. The van der Waals surface area contributed by atoms with Crippen molar-refractivity contribution in [1.29, 1.82) is 0 Å². The predicted molar refractivity (Wildman–Crippen MR) is 81.6 cm³/mol. The summed E-state index contributed by atoms with van der Waals surface area (Å²) in [5, 5.41) is 3.47. The fourth-order valence-electron chi connectivity index (χ4n) is 1.76. The van der Waals surface area contributed by atoms with E-state index in [1.807, 2.05) is 30.5 Å². The molecule has 0 aliphatic rings. The summed E-state index contributed by atoms with van der Waals surface area (Å²) in [7, 11) is 0. The molecule has 0 bridgehead atoms. The quantitative estimate of drug-likeness (QED) is 0.902. The summed E-state index contributed by atoms with van der Waals surface area (Å²) in [5.41, 5.74) is 2.42. The van der Waals surface area contributed by atoms with Crippen molar-refractivity contribution >= 4 is 0 Å². The van der Waals surface area contributed by atoms with Gasteiger partial charge in [-0.1, -0.05) is 18.2 Å². The van der Waals surface area contributed by atoms with Gasteiger partial charge in [-0.05, 0) is 44.5 Å². The number of rotatable bonds is 5. The summed E-state index contributed by atoms with van der Waals surface area (Å²) in [4.78, 5) is 4.08. The number of hydrogen-bond donors (Lipinski definition) is 1. The molecule has 1 aromatic carbocycles. The maximum Gasteiger partial charge on any atom is 0.120 e. The first-order valence-corrected chi connectivity index (χ1v) is 6.89. The average Bonchev–Trinajstić information content (AvgIpc) is 2.44. The van der Waals surface area contributed by atoms with Crippen molar-refractivity contribution in [2.45, 2.75) is 39.5 Å². The molecule has 3 nitrogen and oxygen atoms in total. The third-order valence-corrected chi connectivity index (χ3v) is 2.85. The Kier molecular flexibility index (Phi) is 4.74. The summed E-state index contributed by atoms with van der Waals surface area (Å²) in [5.74, 6) is 0.891. The number of nitrogens with one attached hydrogen (secondary N) is 1. The zero-order valence-electron chi connectivity index (χ0n) is 12.4. The minimum Gasteiger partial charge on any atom is -0.489 e. The van der Waals surface area contributed by atoms with Crippen molar-refractivity contribution < 1.29 is 4.74 Å². The minimum atomic E-state index is 0.118. The van der Waals surface area contributed by atoms with Crippen LogP contribution in [0.1, 0.15) is 31.9 Å². The van der Waals surface area contributed by atoms with Crippen molar-refractivity contribution in [3.8, 4) is 5.75 Å². The van der Waals surface area contributed by atoms with Crippen LogP contribution in [0.5, 0.6) is 5.75 Å². The monoisotopic (exact) mass is 270 g/mol. The molecule has 0 fully saturated rings. The fraction of sp³-hybridized carbons (Fsp3) is 0.353. The number of hydrogen-bond acceptors (Lipinski definition) is 3. The van der Waals surface area contributed by atoms with Gasteiger partial charge in [0.05, 0.1) is 0 Å². The van der Waals surface area contributed by atoms with Gasteiger partial charge in [0.15, 0.2) is 0 Å². The van der Waals surface area contributed by atoms with Crippen molar-refractivity contribution in [1.82, 2.24) is 10.3 Å². The Hall–Kier alpha value is -1.87.